The van der Waals surface area contributed by atoms with Crippen LogP contribution in [0, 0.1) is 0 Å². The van der Waals surface area contributed by atoms with Gasteiger partial charge in [-0.1, -0.05) is 17.7 Å². The molecule has 0 saturated carbocycles. The number of nitrogens with zero attached hydrogens (tertiary/aromatic N) is 2. The number of anilines is 1. The summed E-state index contributed by atoms with van der Waals surface area (Å²) in [6.45, 7) is 5.83. The number of benzene rings is 1. The van der Waals surface area contributed by atoms with Gasteiger partial charge in [0.15, 0.2) is 0 Å². The number of nitrogens with two attached hydrogens (primary N) is 1. The number of thiophene rings is 1. The van der Waals surface area contributed by atoms with E-state index in [1.54, 1.807) is 5.57 Å². The monoisotopic (exact) mass is 341 g/mol. The van der Waals surface area contributed by atoms with Crippen LogP contribution in [0.3, 0.4) is 0 Å². The van der Waals surface area contributed by atoms with E-state index >= 15 is 0 Å². The van der Waals surface area contributed by atoms with Gasteiger partial charge in [-0.3, -0.25) is 4.90 Å². The summed E-state index contributed by atoms with van der Waals surface area (Å²) < 4.78 is 1.40. The molecule has 0 radical (unpaired) electrons. The molecule has 3 nitrogen and oxygen atoms in total. The molecule has 0 amide bonds. The highest BCUT2D eigenvalue weighted by molar-refractivity contribution is 7.17. The second-order valence-corrected chi connectivity index (χ2v) is 8.03. The standard InChI is InChI=1S/C20H27N3S/c21-17-6-4-16(5-7-17)8-10-22-11-13-23(14-12-22)19-2-1-3-20-18(19)9-15-24-20/h1-4,9,15,17H,5-8,10-14,21H2. The maximum Gasteiger partial charge on any atom is 0.0455 e. The highest BCUT2D eigenvalue weighted by Crippen LogP contribution is 2.31. The Bertz CT molecular complexity index is 712. The lowest BCUT2D eigenvalue weighted by atomic mass is 9.94. The second kappa shape index (κ2) is 7.26. The smallest absolute Gasteiger partial charge is 0.0455 e. The third kappa shape index (κ3) is 3.51. The zero-order chi connectivity index (χ0) is 16.4. The van der Waals surface area contributed by atoms with Crippen molar-refractivity contribution in [1.82, 2.24) is 4.90 Å². The van der Waals surface area contributed by atoms with Crippen LogP contribution in [-0.4, -0.2) is 43.7 Å². The van der Waals surface area contributed by atoms with Crippen molar-refractivity contribution in [2.24, 2.45) is 5.73 Å². The summed E-state index contributed by atoms with van der Waals surface area (Å²) in [5.74, 6) is 0. The van der Waals surface area contributed by atoms with Crippen LogP contribution in [0.4, 0.5) is 5.69 Å². The molecule has 1 fully saturated rings. The fourth-order valence-corrected chi connectivity index (χ4v) is 4.71. The zero-order valence-electron chi connectivity index (χ0n) is 14.3. The first-order valence-electron chi connectivity index (χ1n) is 9.16. The van der Waals surface area contributed by atoms with E-state index in [-0.39, 0.29) is 0 Å². The first kappa shape index (κ1) is 16.1. The lowest BCUT2D eigenvalue weighted by Gasteiger charge is -2.36. The van der Waals surface area contributed by atoms with E-state index in [0.717, 1.165) is 19.5 Å². The van der Waals surface area contributed by atoms with Gasteiger partial charge in [0.2, 0.25) is 0 Å². The molecule has 4 heteroatoms. The molecule has 1 atom stereocenters. The molecule has 128 valence electrons. The molecular weight excluding hydrogens is 314 g/mol. The molecular formula is C20H27N3S. The summed E-state index contributed by atoms with van der Waals surface area (Å²) in [4.78, 5) is 5.18. The van der Waals surface area contributed by atoms with Crippen molar-refractivity contribution in [3.05, 3.63) is 41.3 Å². The molecule has 1 aliphatic heterocycles. The van der Waals surface area contributed by atoms with Crippen LogP contribution >= 0.6 is 11.3 Å². The quantitative estimate of drug-likeness (QED) is 0.857. The first-order valence-corrected chi connectivity index (χ1v) is 10.0. The summed E-state index contributed by atoms with van der Waals surface area (Å²) in [5, 5.41) is 3.62. The van der Waals surface area contributed by atoms with Gasteiger partial charge in [-0.2, -0.15) is 0 Å². The molecule has 2 N–H and O–H groups in total. The summed E-state index contributed by atoms with van der Waals surface area (Å²) in [6.07, 6.45) is 7.08. The van der Waals surface area contributed by atoms with E-state index in [1.807, 2.05) is 11.3 Å². The number of hydrogen-bond acceptors (Lipinski definition) is 4. The minimum absolute atomic E-state index is 0.400. The summed E-state index contributed by atoms with van der Waals surface area (Å²) in [6, 6.07) is 9.37. The van der Waals surface area contributed by atoms with Gasteiger partial charge in [-0.15, -0.1) is 11.3 Å². The minimum Gasteiger partial charge on any atom is -0.368 e. The molecule has 1 unspecified atom stereocenters. The van der Waals surface area contributed by atoms with Crippen molar-refractivity contribution in [2.75, 3.05) is 37.6 Å². The Labute approximate surface area is 148 Å². The SMILES string of the molecule is NC1CC=C(CCN2CCN(c3cccc4sccc34)CC2)CC1. The van der Waals surface area contributed by atoms with Gasteiger partial charge < -0.3 is 10.6 Å². The Kier molecular flexibility index (Phi) is 4.88. The van der Waals surface area contributed by atoms with Crippen molar-refractivity contribution in [3.63, 3.8) is 0 Å². The largest absolute Gasteiger partial charge is 0.368 e. The van der Waals surface area contributed by atoms with Crippen LogP contribution in [0.15, 0.2) is 41.3 Å². The summed E-state index contributed by atoms with van der Waals surface area (Å²) in [5.41, 5.74) is 9.02. The van der Waals surface area contributed by atoms with Gasteiger partial charge in [0.05, 0.1) is 0 Å². The van der Waals surface area contributed by atoms with Gasteiger partial charge in [-0.25, -0.2) is 0 Å². The molecule has 0 spiro atoms. The molecule has 1 aromatic carbocycles. The molecule has 2 aromatic rings. The Balaban J connectivity index is 1.31. The van der Waals surface area contributed by atoms with Crippen LogP contribution in [-0.2, 0) is 0 Å². The third-order valence-electron chi connectivity index (χ3n) is 5.48. The normalized spacial score (nSPS) is 22.8. The Hall–Kier alpha value is -1.36. The van der Waals surface area contributed by atoms with Gasteiger partial charge >= 0.3 is 0 Å². The van der Waals surface area contributed by atoms with Crippen molar-refractivity contribution in [1.29, 1.82) is 0 Å². The molecule has 1 aliphatic carbocycles. The summed E-state index contributed by atoms with van der Waals surface area (Å²) >= 11 is 1.84. The van der Waals surface area contributed by atoms with E-state index in [1.165, 1.54) is 54.7 Å². The Morgan fingerprint density at radius 1 is 1.12 bits per heavy atom. The van der Waals surface area contributed by atoms with Crippen LogP contribution < -0.4 is 10.6 Å². The van der Waals surface area contributed by atoms with E-state index in [9.17, 15) is 0 Å². The maximum absolute atomic E-state index is 5.98. The van der Waals surface area contributed by atoms with Crippen molar-refractivity contribution in [2.45, 2.75) is 31.7 Å². The summed E-state index contributed by atoms with van der Waals surface area (Å²) in [7, 11) is 0. The van der Waals surface area contributed by atoms with Crippen LogP contribution in [0.25, 0.3) is 10.1 Å². The Morgan fingerprint density at radius 2 is 2.00 bits per heavy atom. The first-order chi connectivity index (χ1) is 11.8. The van der Waals surface area contributed by atoms with E-state index < -0.39 is 0 Å². The average molecular weight is 342 g/mol. The van der Waals surface area contributed by atoms with Crippen LogP contribution in [0.2, 0.25) is 0 Å². The van der Waals surface area contributed by atoms with Crippen molar-refractivity contribution in [3.8, 4) is 0 Å². The van der Waals surface area contributed by atoms with Crippen molar-refractivity contribution < 1.29 is 0 Å². The molecule has 4 rings (SSSR count). The molecule has 1 saturated heterocycles. The lowest BCUT2D eigenvalue weighted by Crippen LogP contribution is -2.46. The van der Waals surface area contributed by atoms with Crippen LogP contribution in [0.1, 0.15) is 25.7 Å². The average Bonchev–Trinajstić information content (AvgIpc) is 3.10. The van der Waals surface area contributed by atoms with Gasteiger partial charge in [0.1, 0.15) is 0 Å². The molecule has 0 bridgehead atoms. The fourth-order valence-electron chi connectivity index (χ4n) is 3.90. The maximum atomic E-state index is 5.98. The fraction of sp³-hybridized carbons (Fsp3) is 0.500. The van der Waals surface area contributed by atoms with E-state index in [2.05, 4.69) is 45.5 Å². The third-order valence-corrected chi connectivity index (χ3v) is 6.36. The van der Waals surface area contributed by atoms with Gasteiger partial charge in [0, 0.05) is 54.5 Å². The predicted molar refractivity (Wildman–Crippen MR) is 105 cm³/mol. The molecule has 2 aliphatic rings. The molecule has 1 aromatic heterocycles. The van der Waals surface area contributed by atoms with Gasteiger partial charge in [0.25, 0.3) is 0 Å². The highest BCUT2D eigenvalue weighted by Gasteiger charge is 2.19. The predicted octanol–water partition coefficient (Wildman–Crippen LogP) is 3.85. The minimum atomic E-state index is 0.400. The zero-order valence-corrected chi connectivity index (χ0v) is 15.1. The number of rotatable bonds is 4. The number of piperazine rings is 1. The molecule has 24 heavy (non-hydrogen) atoms. The van der Waals surface area contributed by atoms with Crippen LogP contribution in [0.5, 0.6) is 0 Å². The number of hydrogen-bond donors (Lipinski definition) is 1. The highest BCUT2D eigenvalue weighted by atomic mass is 32.1. The Morgan fingerprint density at radius 3 is 2.79 bits per heavy atom. The second-order valence-electron chi connectivity index (χ2n) is 7.09. The lowest BCUT2D eigenvalue weighted by molar-refractivity contribution is 0.259. The van der Waals surface area contributed by atoms with Crippen molar-refractivity contribution >= 4 is 27.1 Å². The molecule has 2 heterocycles. The van der Waals surface area contributed by atoms with Gasteiger partial charge in [-0.05, 0) is 49.3 Å². The van der Waals surface area contributed by atoms with E-state index in [0.29, 0.717) is 6.04 Å². The number of fused-ring (bicyclic) bond motifs is 1. The topological polar surface area (TPSA) is 32.5 Å². The van der Waals surface area contributed by atoms with E-state index in [4.69, 9.17) is 5.73 Å².